The average Bonchev–Trinajstić information content (AvgIpc) is 3.25. The van der Waals surface area contributed by atoms with E-state index < -0.39 is 0 Å². The summed E-state index contributed by atoms with van der Waals surface area (Å²) in [5.41, 5.74) is 2.11. The molecule has 0 fully saturated rings. The van der Waals surface area contributed by atoms with Crippen LogP contribution in [0.4, 0.5) is 0 Å². The highest BCUT2D eigenvalue weighted by molar-refractivity contribution is 7.09. The molecule has 0 unspecified atom stereocenters. The van der Waals surface area contributed by atoms with Gasteiger partial charge in [0.05, 0.1) is 18.8 Å². The Balaban J connectivity index is 1.66. The van der Waals surface area contributed by atoms with Crippen molar-refractivity contribution in [2.75, 3.05) is 6.61 Å². The molecule has 23 heavy (non-hydrogen) atoms. The lowest BCUT2D eigenvalue weighted by molar-refractivity contribution is 0.0946. The monoisotopic (exact) mass is 327 g/mol. The molecule has 0 saturated heterocycles. The van der Waals surface area contributed by atoms with Gasteiger partial charge in [-0.05, 0) is 48.7 Å². The van der Waals surface area contributed by atoms with E-state index in [1.54, 1.807) is 17.4 Å². The highest BCUT2D eigenvalue weighted by atomic mass is 32.1. The van der Waals surface area contributed by atoms with E-state index in [4.69, 9.17) is 4.74 Å². The fourth-order valence-electron chi connectivity index (χ4n) is 2.15. The van der Waals surface area contributed by atoms with Crippen LogP contribution < -0.4 is 10.1 Å². The zero-order chi connectivity index (χ0) is 16.1. The Morgan fingerprint density at radius 2 is 2.13 bits per heavy atom. The summed E-state index contributed by atoms with van der Waals surface area (Å²) in [6.45, 7) is 3.10. The molecular weight excluding hydrogens is 310 g/mol. The van der Waals surface area contributed by atoms with Crippen molar-refractivity contribution in [1.82, 2.24) is 15.5 Å². The Bertz CT molecular complexity index is 764. The largest absolute Gasteiger partial charge is 0.494 e. The molecule has 118 valence electrons. The summed E-state index contributed by atoms with van der Waals surface area (Å²) < 4.78 is 5.42. The van der Waals surface area contributed by atoms with Gasteiger partial charge in [0.2, 0.25) is 0 Å². The van der Waals surface area contributed by atoms with Crippen molar-refractivity contribution in [3.8, 4) is 17.0 Å². The van der Waals surface area contributed by atoms with Crippen molar-refractivity contribution in [3.05, 3.63) is 58.4 Å². The first-order chi connectivity index (χ1) is 11.3. The molecule has 0 radical (unpaired) electrons. The Morgan fingerprint density at radius 1 is 1.30 bits per heavy atom. The molecule has 3 aromatic rings. The first-order valence-electron chi connectivity index (χ1n) is 7.35. The maximum Gasteiger partial charge on any atom is 0.269 e. The molecule has 6 heteroatoms. The van der Waals surface area contributed by atoms with Crippen molar-refractivity contribution >= 4 is 17.2 Å². The molecule has 1 aromatic carbocycles. The van der Waals surface area contributed by atoms with Gasteiger partial charge in [-0.2, -0.15) is 5.10 Å². The van der Waals surface area contributed by atoms with Crippen molar-refractivity contribution in [2.24, 2.45) is 0 Å². The predicted octanol–water partition coefficient (Wildman–Crippen LogP) is 3.47. The van der Waals surface area contributed by atoms with Crippen LogP contribution >= 0.6 is 11.3 Å². The summed E-state index contributed by atoms with van der Waals surface area (Å²) in [5.74, 6) is 0.656. The van der Waals surface area contributed by atoms with Crippen LogP contribution in [0.25, 0.3) is 11.3 Å². The number of hydrogen-bond donors (Lipinski definition) is 2. The lowest BCUT2D eigenvalue weighted by atomic mass is 10.1. The molecule has 3 rings (SSSR count). The smallest absolute Gasteiger partial charge is 0.269 e. The molecule has 0 saturated carbocycles. The van der Waals surface area contributed by atoms with Crippen molar-refractivity contribution in [3.63, 3.8) is 0 Å². The number of carbonyl (C=O) groups is 1. The summed E-state index contributed by atoms with van der Waals surface area (Å²) in [5, 5.41) is 11.8. The van der Waals surface area contributed by atoms with Gasteiger partial charge in [0.25, 0.3) is 5.91 Å². The van der Waals surface area contributed by atoms with Crippen LogP contribution in [0.2, 0.25) is 0 Å². The van der Waals surface area contributed by atoms with Crippen LogP contribution in [0, 0.1) is 0 Å². The van der Waals surface area contributed by atoms with E-state index in [0.717, 1.165) is 21.9 Å². The first-order valence-corrected chi connectivity index (χ1v) is 8.23. The predicted molar refractivity (Wildman–Crippen MR) is 90.7 cm³/mol. The van der Waals surface area contributed by atoms with Crippen LogP contribution in [0.1, 0.15) is 22.3 Å². The Kier molecular flexibility index (Phi) is 4.73. The molecule has 2 heterocycles. The van der Waals surface area contributed by atoms with Crippen LogP contribution in [-0.4, -0.2) is 22.7 Å². The van der Waals surface area contributed by atoms with E-state index in [1.807, 2.05) is 48.7 Å². The normalized spacial score (nSPS) is 10.5. The van der Waals surface area contributed by atoms with Crippen LogP contribution in [0.3, 0.4) is 0 Å². The van der Waals surface area contributed by atoms with E-state index in [2.05, 4.69) is 15.5 Å². The maximum atomic E-state index is 12.1. The van der Waals surface area contributed by atoms with E-state index in [-0.39, 0.29) is 5.91 Å². The van der Waals surface area contributed by atoms with Gasteiger partial charge in [0.15, 0.2) is 0 Å². The van der Waals surface area contributed by atoms with Crippen LogP contribution in [-0.2, 0) is 6.54 Å². The molecule has 2 aromatic heterocycles. The zero-order valence-corrected chi connectivity index (χ0v) is 13.5. The van der Waals surface area contributed by atoms with Crippen LogP contribution in [0.5, 0.6) is 5.75 Å². The molecule has 2 N–H and O–H groups in total. The van der Waals surface area contributed by atoms with Gasteiger partial charge in [-0.25, -0.2) is 0 Å². The summed E-state index contributed by atoms with van der Waals surface area (Å²) in [6, 6.07) is 13.3. The van der Waals surface area contributed by atoms with Crippen molar-refractivity contribution in [1.29, 1.82) is 0 Å². The van der Waals surface area contributed by atoms with Crippen LogP contribution in [0.15, 0.2) is 47.8 Å². The summed E-state index contributed by atoms with van der Waals surface area (Å²) in [4.78, 5) is 13.2. The topological polar surface area (TPSA) is 67.0 Å². The second kappa shape index (κ2) is 7.11. The number of carbonyl (C=O) groups excluding carboxylic acids is 1. The number of ether oxygens (including phenoxy) is 1. The number of aromatic amines is 1. The van der Waals surface area contributed by atoms with Crippen molar-refractivity contribution < 1.29 is 9.53 Å². The average molecular weight is 327 g/mol. The first kappa shape index (κ1) is 15.3. The Hall–Kier alpha value is -2.60. The van der Waals surface area contributed by atoms with E-state index in [0.29, 0.717) is 18.8 Å². The van der Waals surface area contributed by atoms with Gasteiger partial charge >= 0.3 is 0 Å². The fraction of sp³-hybridized carbons (Fsp3) is 0.176. The standard InChI is InChI=1S/C17H17N3O2S/c1-2-22-13-7-5-12(6-8-13)15-10-16(20-19-15)17(21)18-11-14-4-3-9-23-14/h3-10H,2,11H2,1H3,(H,18,21)(H,19,20). The Morgan fingerprint density at radius 3 is 2.83 bits per heavy atom. The minimum atomic E-state index is -0.164. The Labute approximate surface area is 138 Å². The van der Waals surface area contributed by atoms with Gasteiger partial charge in [-0.1, -0.05) is 6.07 Å². The van der Waals surface area contributed by atoms with Crippen molar-refractivity contribution in [2.45, 2.75) is 13.5 Å². The fourth-order valence-corrected chi connectivity index (χ4v) is 2.79. The van der Waals surface area contributed by atoms with Gasteiger partial charge < -0.3 is 10.1 Å². The summed E-state index contributed by atoms with van der Waals surface area (Å²) in [7, 11) is 0. The minimum Gasteiger partial charge on any atom is -0.494 e. The van der Waals surface area contributed by atoms with Gasteiger partial charge in [0, 0.05) is 10.4 Å². The number of nitrogens with zero attached hydrogens (tertiary/aromatic N) is 1. The van der Waals surface area contributed by atoms with E-state index >= 15 is 0 Å². The lowest BCUT2D eigenvalue weighted by Gasteiger charge is -2.03. The second-order valence-corrected chi connectivity index (χ2v) is 5.92. The summed E-state index contributed by atoms with van der Waals surface area (Å²) >= 11 is 1.62. The number of rotatable bonds is 6. The third kappa shape index (κ3) is 3.78. The SMILES string of the molecule is CCOc1ccc(-c2cc(C(=O)NCc3cccs3)[nH]n2)cc1. The molecule has 0 aliphatic carbocycles. The maximum absolute atomic E-state index is 12.1. The molecule has 0 bridgehead atoms. The third-order valence-corrected chi connectivity index (χ3v) is 4.16. The number of aromatic nitrogens is 2. The lowest BCUT2D eigenvalue weighted by Crippen LogP contribution is -2.22. The van der Waals surface area contributed by atoms with Gasteiger partial charge in [0.1, 0.15) is 11.4 Å². The highest BCUT2D eigenvalue weighted by Gasteiger charge is 2.11. The molecule has 0 atom stereocenters. The second-order valence-electron chi connectivity index (χ2n) is 4.89. The number of H-pyrrole nitrogens is 1. The number of thiophene rings is 1. The minimum absolute atomic E-state index is 0.164. The number of amides is 1. The molecule has 1 amide bonds. The number of nitrogens with one attached hydrogen (secondary N) is 2. The molecule has 0 aliphatic heterocycles. The number of benzene rings is 1. The summed E-state index contributed by atoms with van der Waals surface area (Å²) in [6.07, 6.45) is 0. The number of hydrogen-bond acceptors (Lipinski definition) is 4. The third-order valence-electron chi connectivity index (χ3n) is 3.29. The van der Waals surface area contributed by atoms with Gasteiger partial charge in [-0.15, -0.1) is 11.3 Å². The van der Waals surface area contributed by atoms with E-state index in [1.165, 1.54) is 0 Å². The van der Waals surface area contributed by atoms with E-state index in [9.17, 15) is 4.79 Å². The molecule has 5 nitrogen and oxygen atoms in total. The molecule has 0 aliphatic rings. The van der Waals surface area contributed by atoms with Gasteiger partial charge in [-0.3, -0.25) is 9.89 Å². The zero-order valence-electron chi connectivity index (χ0n) is 12.7. The molecular formula is C17H17N3O2S. The highest BCUT2D eigenvalue weighted by Crippen LogP contribution is 2.21. The molecule has 0 spiro atoms. The quantitative estimate of drug-likeness (QED) is 0.728.